The number of nitrogens with one attached hydrogen (secondary N) is 1. The first-order chi connectivity index (χ1) is 9.72. The van der Waals surface area contributed by atoms with Crippen molar-refractivity contribution in [1.82, 2.24) is 5.32 Å². The molecule has 1 atom stereocenters. The van der Waals surface area contributed by atoms with Crippen LogP contribution in [0, 0.1) is 0 Å². The number of halogens is 1. The van der Waals surface area contributed by atoms with Gasteiger partial charge in [-0.1, -0.05) is 46.1 Å². The molecule has 1 fully saturated rings. The first-order valence-electron chi connectivity index (χ1n) is 7.01. The molecule has 0 bridgehead atoms. The van der Waals surface area contributed by atoms with Crippen molar-refractivity contribution in [2.45, 2.75) is 44.2 Å². The Morgan fingerprint density at radius 2 is 2.15 bits per heavy atom. The summed E-state index contributed by atoms with van der Waals surface area (Å²) in [5, 5.41) is 7.12. The van der Waals surface area contributed by atoms with E-state index in [1.165, 1.54) is 12.8 Å². The number of rotatable bonds is 3. The molecule has 20 heavy (non-hydrogen) atoms. The van der Waals surface area contributed by atoms with E-state index in [0.717, 1.165) is 28.6 Å². The van der Waals surface area contributed by atoms with Crippen molar-refractivity contribution in [3.63, 3.8) is 0 Å². The van der Waals surface area contributed by atoms with Crippen LogP contribution in [0.1, 0.15) is 37.7 Å². The SMILES string of the molecule is O=C(NC1CCCC1)[C@H]1CC(c2cccc(Br)c2)=NO1. The topological polar surface area (TPSA) is 50.7 Å². The minimum Gasteiger partial charge on any atom is -0.382 e. The molecule has 106 valence electrons. The normalized spacial score (nSPS) is 22.4. The van der Waals surface area contributed by atoms with Gasteiger partial charge in [-0.3, -0.25) is 4.79 Å². The van der Waals surface area contributed by atoms with Crippen LogP contribution in [-0.4, -0.2) is 23.8 Å². The van der Waals surface area contributed by atoms with Gasteiger partial charge < -0.3 is 10.2 Å². The molecular weight excluding hydrogens is 320 g/mol. The van der Waals surface area contributed by atoms with E-state index < -0.39 is 6.10 Å². The fourth-order valence-corrected chi connectivity index (χ4v) is 3.12. The Bertz CT molecular complexity index is 538. The lowest BCUT2D eigenvalue weighted by Crippen LogP contribution is -2.40. The lowest BCUT2D eigenvalue weighted by molar-refractivity contribution is -0.131. The zero-order valence-corrected chi connectivity index (χ0v) is 12.7. The maximum atomic E-state index is 12.1. The molecule has 1 N–H and O–H groups in total. The van der Waals surface area contributed by atoms with Crippen LogP contribution in [0.15, 0.2) is 33.9 Å². The van der Waals surface area contributed by atoms with Crippen molar-refractivity contribution >= 4 is 27.5 Å². The van der Waals surface area contributed by atoms with E-state index in [4.69, 9.17) is 4.84 Å². The quantitative estimate of drug-likeness (QED) is 0.922. The first kappa shape index (κ1) is 13.6. The van der Waals surface area contributed by atoms with Gasteiger partial charge in [0.15, 0.2) is 0 Å². The van der Waals surface area contributed by atoms with Crippen molar-refractivity contribution in [1.29, 1.82) is 0 Å². The van der Waals surface area contributed by atoms with Crippen molar-refractivity contribution in [2.24, 2.45) is 5.16 Å². The van der Waals surface area contributed by atoms with E-state index in [1.54, 1.807) is 0 Å². The summed E-state index contributed by atoms with van der Waals surface area (Å²) < 4.78 is 0.997. The highest BCUT2D eigenvalue weighted by Gasteiger charge is 2.30. The summed E-state index contributed by atoms with van der Waals surface area (Å²) in [4.78, 5) is 17.4. The third-order valence-electron chi connectivity index (χ3n) is 3.82. The minimum absolute atomic E-state index is 0.0364. The monoisotopic (exact) mass is 336 g/mol. The number of amides is 1. The second kappa shape index (κ2) is 5.95. The maximum absolute atomic E-state index is 12.1. The predicted molar refractivity (Wildman–Crippen MR) is 80.6 cm³/mol. The van der Waals surface area contributed by atoms with Crippen LogP contribution in [0.5, 0.6) is 0 Å². The van der Waals surface area contributed by atoms with Gasteiger partial charge in [-0.25, -0.2) is 0 Å². The van der Waals surface area contributed by atoms with E-state index in [9.17, 15) is 4.79 Å². The van der Waals surface area contributed by atoms with Crippen molar-refractivity contribution in [3.8, 4) is 0 Å². The van der Waals surface area contributed by atoms with Gasteiger partial charge in [-0.05, 0) is 25.0 Å². The molecule has 3 rings (SSSR count). The van der Waals surface area contributed by atoms with E-state index in [0.29, 0.717) is 12.5 Å². The molecular formula is C15H17BrN2O2. The van der Waals surface area contributed by atoms with Gasteiger partial charge in [0.1, 0.15) is 0 Å². The molecule has 1 aliphatic heterocycles. The van der Waals surface area contributed by atoms with Crippen LogP contribution in [0.25, 0.3) is 0 Å². The summed E-state index contributed by atoms with van der Waals surface area (Å²) in [6.45, 7) is 0. The molecule has 2 aliphatic rings. The molecule has 0 aromatic heterocycles. The second-order valence-corrected chi connectivity index (χ2v) is 6.25. The number of hydrogen-bond donors (Lipinski definition) is 1. The largest absolute Gasteiger partial charge is 0.382 e. The third kappa shape index (κ3) is 3.03. The van der Waals surface area contributed by atoms with Crippen molar-refractivity contribution in [2.75, 3.05) is 0 Å². The van der Waals surface area contributed by atoms with Gasteiger partial charge in [0.25, 0.3) is 5.91 Å². The molecule has 1 saturated carbocycles. The molecule has 0 spiro atoms. The lowest BCUT2D eigenvalue weighted by atomic mass is 10.0. The molecule has 1 aliphatic carbocycles. The van der Waals surface area contributed by atoms with Crippen LogP contribution in [0.2, 0.25) is 0 Å². The van der Waals surface area contributed by atoms with Crippen LogP contribution in [-0.2, 0) is 9.63 Å². The zero-order chi connectivity index (χ0) is 13.9. The van der Waals surface area contributed by atoms with Crippen LogP contribution < -0.4 is 5.32 Å². The average molecular weight is 337 g/mol. The molecule has 0 radical (unpaired) electrons. The van der Waals surface area contributed by atoms with E-state index in [2.05, 4.69) is 26.4 Å². The summed E-state index contributed by atoms with van der Waals surface area (Å²) in [7, 11) is 0. The molecule has 5 heteroatoms. The fourth-order valence-electron chi connectivity index (χ4n) is 2.72. The second-order valence-electron chi connectivity index (χ2n) is 5.34. The molecule has 1 aromatic carbocycles. The molecule has 0 unspecified atom stereocenters. The molecule has 4 nitrogen and oxygen atoms in total. The Hall–Kier alpha value is -1.36. The first-order valence-corrected chi connectivity index (χ1v) is 7.81. The molecule has 1 aromatic rings. The van der Waals surface area contributed by atoms with E-state index in [-0.39, 0.29) is 5.91 Å². The zero-order valence-electron chi connectivity index (χ0n) is 11.1. The smallest absolute Gasteiger partial charge is 0.264 e. The summed E-state index contributed by atoms with van der Waals surface area (Å²) in [5.74, 6) is -0.0364. The third-order valence-corrected chi connectivity index (χ3v) is 4.31. The Kier molecular flexibility index (Phi) is 4.05. The van der Waals surface area contributed by atoms with Crippen molar-refractivity contribution < 1.29 is 9.63 Å². The fraction of sp³-hybridized carbons (Fsp3) is 0.467. The molecule has 1 heterocycles. The number of hydrogen-bond acceptors (Lipinski definition) is 3. The molecule has 1 amide bonds. The van der Waals surface area contributed by atoms with Gasteiger partial charge >= 0.3 is 0 Å². The number of benzene rings is 1. The van der Waals surface area contributed by atoms with E-state index in [1.807, 2.05) is 24.3 Å². The van der Waals surface area contributed by atoms with Crippen LogP contribution in [0.3, 0.4) is 0 Å². The number of carbonyl (C=O) groups is 1. The predicted octanol–water partition coefficient (Wildman–Crippen LogP) is 3.00. The van der Waals surface area contributed by atoms with Gasteiger partial charge in [-0.15, -0.1) is 0 Å². The summed E-state index contributed by atoms with van der Waals surface area (Å²) in [6.07, 6.45) is 4.63. The van der Waals surface area contributed by atoms with Crippen LogP contribution >= 0.6 is 15.9 Å². The summed E-state index contributed by atoms with van der Waals surface area (Å²) in [6, 6.07) is 8.20. The summed E-state index contributed by atoms with van der Waals surface area (Å²) >= 11 is 3.44. The maximum Gasteiger partial charge on any atom is 0.264 e. The minimum atomic E-state index is -0.482. The van der Waals surface area contributed by atoms with Gasteiger partial charge in [-0.2, -0.15) is 0 Å². The Morgan fingerprint density at radius 3 is 2.90 bits per heavy atom. The standard InChI is InChI=1S/C15H17BrN2O2/c16-11-5-3-4-10(8-11)13-9-14(20-18-13)15(19)17-12-6-1-2-7-12/h3-5,8,12,14H,1-2,6-7,9H2,(H,17,19)/t14-/m1/s1. The average Bonchev–Trinajstić information content (AvgIpc) is 3.09. The summed E-state index contributed by atoms with van der Waals surface area (Å²) in [5.41, 5.74) is 1.83. The number of oxime groups is 1. The molecule has 0 saturated heterocycles. The van der Waals surface area contributed by atoms with Crippen molar-refractivity contribution in [3.05, 3.63) is 34.3 Å². The van der Waals surface area contributed by atoms with Gasteiger partial charge in [0, 0.05) is 22.5 Å². The van der Waals surface area contributed by atoms with Gasteiger partial charge in [0.2, 0.25) is 6.10 Å². The number of carbonyl (C=O) groups excluding carboxylic acids is 1. The van der Waals surface area contributed by atoms with Crippen LogP contribution in [0.4, 0.5) is 0 Å². The number of nitrogens with zero attached hydrogens (tertiary/aromatic N) is 1. The highest BCUT2D eigenvalue weighted by atomic mass is 79.9. The Balaban J connectivity index is 1.59. The Morgan fingerprint density at radius 1 is 1.35 bits per heavy atom. The van der Waals surface area contributed by atoms with Gasteiger partial charge in [0.05, 0.1) is 5.71 Å². The van der Waals surface area contributed by atoms with E-state index >= 15 is 0 Å². The Labute approximate surface area is 126 Å². The lowest BCUT2D eigenvalue weighted by Gasteiger charge is -2.14. The highest BCUT2D eigenvalue weighted by molar-refractivity contribution is 9.10. The highest BCUT2D eigenvalue weighted by Crippen LogP contribution is 2.21.